The maximum absolute atomic E-state index is 12.5. The fourth-order valence-electron chi connectivity index (χ4n) is 3.56. The quantitative estimate of drug-likeness (QED) is 0.790. The Hall–Kier alpha value is -2.92. The Labute approximate surface area is 153 Å². The number of amides is 1. The lowest BCUT2D eigenvalue weighted by Crippen LogP contribution is -2.33. The van der Waals surface area contributed by atoms with Gasteiger partial charge in [0.05, 0.1) is 11.7 Å². The summed E-state index contributed by atoms with van der Waals surface area (Å²) in [6, 6.07) is 18.4. The molecular formula is C21H22N4O. The number of rotatable bonds is 4. The van der Waals surface area contributed by atoms with Gasteiger partial charge in [-0.1, -0.05) is 42.5 Å². The van der Waals surface area contributed by atoms with Crippen molar-refractivity contribution in [3.05, 3.63) is 83.2 Å². The van der Waals surface area contributed by atoms with Gasteiger partial charge in [0.2, 0.25) is 0 Å². The van der Waals surface area contributed by atoms with E-state index in [2.05, 4.69) is 46.6 Å². The van der Waals surface area contributed by atoms with Gasteiger partial charge in [0, 0.05) is 19.3 Å². The van der Waals surface area contributed by atoms with Gasteiger partial charge in [0.25, 0.3) is 5.91 Å². The first-order chi connectivity index (χ1) is 12.6. The van der Waals surface area contributed by atoms with E-state index in [1.54, 1.807) is 10.7 Å². The third kappa shape index (κ3) is 3.02. The molecule has 0 saturated carbocycles. The number of carbonyl (C=O) groups is 1. The maximum atomic E-state index is 12.5. The van der Waals surface area contributed by atoms with Gasteiger partial charge in [-0.15, -0.1) is 0 Å². The maximum Gasteiger partial charge on any atom is 0.271 e. The molecule has 1 atom stereocenters. The number of aromatic nitrogens is 2. The molecule has 5 heteroatoms. The van der Waals surface area contributed by atoms with Crippen LogP contribution in [0, 0.1) is 6.92 Å². The van der Waals surface area contributed by atoms with Gasteiger partial charge in [-0.25, -0.2) is 4.68 Å². The number of fused-ring (bicyclic) bond motifs is 1. The number of nitrogens with zero attached hydrogens (tertiary/aromatic N) is 3. The zero-order valence-corrected chi connectivity index (χ0v) is 15.0. The summed E-state index contributed by atoms with van der Waals surface area (Å²) in [5, 5.41) is 7.48. The fraction of sp³-hybridized carbons (Fsp3) is 0.238. The number of carbonyl (C=O) groups excluding carboxylic acids is 1. The second kappa shape index (κ2) is 6.77. The molecule has 3 aromatic rings. The van der Waals surface area contributed by atoms with E-state index >= 15 is 0 Å². The number of hydrogen-bond acceptors (Lipinski definition) is 3. The lowest BCUT2D eigenvalue weighted by molar-refractivity contribution is 0.0935. The largest absolute Gasteiger partial charge is 0.349 e. The third-order valence-corrected chi connectivity index (χ3v) is 5.01. The van der Waals surface area contributed by atoms with Gasteiger partial charge in [-0.05, 0) is 42.8 Å². The lowest BCUT2D eigenvalue weighted by Gasteiger charge is -2.20. The van der Waals surface area contributed by atoms with Crippen molar-refractivity contribution in [2.45, 2.75) is 19.5 Å². The van der Waals surface area contributed by atoms with Crippen LogP contribution in [-0.4, -0.2) is 34.2 Å². The summed E-state index contributed by atoms with van der Waals surface area (Å²) in [6.45, 7) is 3.52. The molecule has 0 saturated heterocycles. The molecule has 2 aromatic carbocycles. The summed E-state index contributed by atoms with van der Waals surface area (Å²) < 4.78 is 1.75. The van der Waals surface area contributed by atoms with E-state index in [0.29, 0.717) is 12.2 Å². The highest BCUT2D eigenvalue weighted by molar-refractivity contribution is 5.92. The Bertz CT molecular complexity index is 946. The van der Waals surface area contributed by atoms with Gasteiger partial charge >= 0.3 is 0 Å². The second-order valence-corrected chi connectivity index (χ2v) is 6.77. The van der Waals surface area contributed by atoms with Crippen molar-refractivity contribution in [1.29, 1.82) is 0 Å². The first-order valence-corrected chi connectivity index (χ1v) is 8.81. The molecule has 1 aromatic heterocycles. The Balaban J connectivity index is 1.46. The molecule has 1 amide bonds. The van der Waals surface area contributed by atoms with E-state index in [-0.39, 0.29) is 11.9 Å². The summed E-state index contributed by atoms with van der Waals surface area (Å²) in [6.07, 6.45) is 1.83. The Morgan fingerprint density at radius 2 is 1.92 bits per heavy atom. The summed E-state index contributed by atoms with van der Waals surface area (Å²) >= 11 is 0. The van der Waals surface area contributed by atoms with Crippen LogP contribution in [0.5, 0.6) is 0 Å². The summed E-state index contributed by atoms with van der Waals surface area (Å²) in [7, 11) is 2.09. The Kier molecular flexibility index (Phi) is 4.31. The van der Waals surface area contributed by atoms with Crippen molar-refractivity contribution in [3.8, 4) is 5.69 Å². The van der Waals surface area contributed by atoms with Crippen LogP contribution in [0.25, 0.3) is 5.69 Å². The monoisotopic (exact) mass is 346 g/mol. The number of aryl methyl sites for hydroxylation is 1. The van der Waals surface area contributed by atoms with E-state index in [1.165, 1.54) is 11.1 Å². The first-order valence-electron chi connectivity index (χ1n) is 8.81. The molecule has 1 unspecified atom stereocenters. The summed E-state index contributed by atoms with van der Waals surface area (Å²) in [4.78, 5) is 14.8. The molecule has 1 aliphatic rings. The van der Waals surface area contributed by atoms with Crippen molar-refractivity contribution in [1.82, 2.24) is 20.0 Å². The molecule has 132 valence electrons. The average Bonchev–Trinajstić information content (AvgIpc) is 3.24. The smallest absolute Gasteiger partial charge is 0.271 e. The lowest BCUT2D eigenvalue weighted by atomic mass is 10.1. The second-order valence-electron chi connectivity index (χ2n) is 6.77. The number of likely N-dealkylation sites (N-methyl/N-ethyl adjacent to an activating group) is 1. The molecule has 0 bridgehead atoms. The van der Waals surface area contributed by atoms with Crippen LogP contribution in [0.1, 0.15) is 33.2 Å². The molecule has 1 N–H and O–H groups in total. The van der Waals surface area contributed by atoms with Crippen molar-refractivity contribution >= 4 is 5.91 Å². The molecule has 0 spiro atoms. The van der Waals surface area contributed by atoms with Gasteiger partial charge in [-0.2, -0.15) is 5.10 Å². The highest BCUT2D eigenvalue weighted by Crippen LogP contribution is 2.31. The van der Waals surface area contributed by atoms with Crippen molar-refractivity contribution < 1.29 is 4.79 Å². The molecule has 2 heterocycles. The van der Waals surface area contributed by atoms with Crippen LogP contribution < -0.4 is 5.32 Å². The van der Waals surface area contributed by atoms with Crippen LogP contribution >= 0.6 is 0 Å². The average molecular weight is 346 g/mol. The summed E-state index contributed by atoms with van der Waals surface area (Å²) in [5.74, 6) is -0.143. The highest BCUT2D eigenvalue weighted by Gasteiger charge is 2.27. The predicted molar refractivity (Wildman–Crippen MR) is 101 cm³/mol. The van der Waals surface area contributed by atoms with E-state index in [0.717, 1.165) is 17.8 Å². The van der Waals surface area contributed by atoms with E-state index in [9.17, 15) is 4.79 Å². The number of benzene rings is 2. The minimum atomic E-state index is -0.143. The van der Waals surface area contributed by atoms with Crippen LogP contribution in [0.15, 0.2) is 60.8 Å². The normalized spacial score (nSPS) is 16.5. The summed E-state index contributed by atoms with van der Waals surface area (Å²) in [5.41, 5.74) is 5.16. The van der Waals surface area contributed by atoms with Crippen LogP contribution in [0.4, 0.5) is 0 Å². The Morgan fingerprint density at radius 1 is 1.15 bits per heavy atom. The van der Waals surface area contributed by atoms with Gasteiger partial charge < -0.3 is 5.32 Å². The van der Waals surface area contributed by atoms with Gasteiger partial charge in [0.15, 0.2) is 5.69 Å². The molecule has 26 heavy (non-hydrogen) atoms. The van der Waals surface area contributed by atoms with Crippen molar-refractivity contribution in [2.24, 2.45) is 0 Å². The molecule has 1 aliphatic heterocycles. The van der Waals surface area contributed by atoms with Crippen LogP contribution in [0.2, 0.25) is 0 Å². The third-order valence-electron chi connectivity index (χ3n) is 5.01. The minimum Gasteiger partial charge on any atom is -0.349 e. The fourth-order valence-corrected chi connectivity index (χ4v) is 3.56. The molecule has 0 fully saturated rings. The topological polar surface area (TPSA) is 50.2 Å². The zero-order valence-electron chi connectivity index (χ0n) is 15.0. The van der Waals surface area contributed by atoms with E-state index in [1.807, 2.05) is 37.4 Å². The van der Waals surface area contributed by atoms with E-state index < -0.39 is 0 Å². The highest BCUT2D eigenvalue weighted by atomic mass is 16.1. The predicted octanol–water partition coefficient (Wildman–Crippen LogP) is 3.10. The van der Waals surface area contributed by atoms with Crippen LogP contribution in [0.3, 0.4) is 0 Å². The van der Waals surface area contributed by atoms with Gasteiger partial charge in [0.1, 0.15) is 0 Å². The SMILES string of the molecule is Cc1ccccc1-n1ccc(C(=O)NCC2c3ccccc3CN2C)n1. The minimum absolute atomic E-state index is 0.143. The molecular weight excluding hydrogens is 324 g/mol. The molecule has 0 aliphatic carbocycles. The zero-order chi connectivity index (χ0) is 18.1. The standard InChI is InChI=1S/C21H22N4O/c1-15-7-3-6-10-19(15)25-12-11-18(23-25)21(26)22-13-20-17-9-5-4-8-16(17)14-24(20)2/h3-12,20H,13-14H2,1-2H3,(H,22,26). The molecule has 5 nitrogen and oxygen atoms in total. The molecule has 4 rings (SSSR count). The number of hydrogen-bond donors (Lipinski definition) is 1. The Morgan fingerprint density at radius 3 is 2.77 bits per heavy atom. The van der Waals surface area contributed by atoms with E-state index in [4.69, 9.17) is 0 Å². The van der Waals surface area contributed by atoms with Crippen LogP contribution in [-0.2, 0) is 6.54 Å². The number of para-hydroxylation sites is 1. The van der Waals surface area contributed by atoms with Gasteiger partial charge in [-0.3, -0.25) is 9.69 Å². The number of nitrogens with one attached hydrogen (secondary N) is 1. The van der Waals surface area contributed by atoms with Crippen molar-refractivity contribution in [3.63, 3.8) is 0 Å². The first kappa shape index (κ1) is 16.5. The van der Waals surface area contributed by atoms with Crippen molar-refractivity contribution in [2.75, 3.05) is 13.6 Å². The molecule has 0 radical (unpaired) electrons.